The Morgan fingerprint density at radius 1 is 1.00 bits per heavy atom. The molecular weight excluding hydrogens is 214 g/mol. The van der Waals surface area contributed by atoms with Crippen LogP contribution in [0.2, 0.25) is 0 Å². The SMILES string of the molecule is CC(=O)OC(C)=O.[Co].[Co]. The number of carbonyl (C=O) groups excluding carboxylic acids is 2. The van der Waals surface area contributed by atoms with Crippen molar-refractivity contribution in [3.05, 3.63) is 0 Å². The summed E-state index contributed by atoms with van der Waals surface area (Å²) in [5, 5.41) is 0. The Kier molecular flexibility index (Phi) is 14.6. The summed E-state index contributed by atoms with van der Waals surface area (Å²) in [7, 11) is 0. The number of esters is 2. The van der Waals surface area contributed by atoms with E-state index in [1.807, 2.05) is 0 Å². The molecule has 0 fully saturated rings. The van der Waals surface area contributed by atoms with Gasteiger partial charge in [0.15, 0.2) is 0 Å². The zero-order valence-corrected chi connectivity index (χ0v) is 6.97. The second-order valence-corrected chi connectivity index (χ2v) is 1.09. The summed E-state index contributed by atoms with van der Waals surface area (Å²) in [6.45, 7) is 2.36. The fourth-order valence-corrected chi connectivity index (χ4v) is 0.202. The van der Waals surface area contributed by atoms with Crippen LogP contribution >= 0.6 is 0 Å². The standard InChI is InChI=1S/C4H6O3.2Co/c1-3(5)7-4(2)6;;/h1-2H3;;. The molecule has 0 spiro atoms. The summed E-state index contributed by atoms with van der Waals surface area (Å²) >= 11 is 0. The first kappa shape index (κ1) is 16.1. The molecule has 0 saturated heterocycles. The van der Waals surface area contributed by atoms with E-state index in [1.54, 1.807) is 0 Å². The quantitative estimate of drug-likeness (QED) is 0.429. The molecule has 0 aromatic heterocycles. The molecule has 0 amide bonds. The van der Waals surface area contributed by atoms with E-state index < -0.39 is 11.9 Å². The Hall–Kier alpha value is 0.153. The van der Waals surface area contributed by atoms with Gasteiger partial charge in [0.2, 0.25) is 0 Å². The second-order valence-electron chi connectivity index (χ2n) is 1.09. The molecule has 2 radical (unpaired) electrons. The van der Waals surface area contributed by atoms with Gasteiger partial charge in [-0.3, -0.25) is 9.59 Å². The molecule has 3 nitrogen and oxygen atoms in total. The molecule has 0 heterocycles. The van der Waals surface area contributed by atoms with Gasteiger partial charge in [0.25, 0.3) is 0 Å². The van der Waals surface area contributed by atoms with Crippen LogP contribution in [0, 0.1) is 0 Å². The van der Waals surface area contributed by atoms with Crippen molar-refractivity contribution in [2.45, 2.75) is 13.8 Å². The predicted molar refractivity (Wildman–Crippen MR) is 22.4 cm³/mol. The zero-order valence-electron chi connectivity index (χ0n) is 4.89. The molecule has 0 aliphatic rings. The fraction of sp³-hybridized carbons (Fsp3) is 0.500. The molecule has 9 heavy (non-hydrogen) atoms. The van der Waals surface area contributed by atoms with Crippen LogP contribution in [0.25, 0.3) is 0 Å². The van der Waals surface area contributed by atoms with E-state index >= 15 is 0 Å². The Morgan fingerprint density at radius 2 is 1.22 bits per heavy atom. The van der Waals surface area contributed by atoms with E-state index in [-0.39, 0.29) is 33.6 Å². The summed E-state index contributed by atoms with van der Waals surface area (Å²) in [6, 6.07) is 0. The summed E-state index contributed by atoms with van der Waals surface area (Å²) in [5.74, 6) is -1.12. The average Bonchev–Trinajstić information content (AvgIpc) is 1.27. The molecule has 0 N–H and O–H groups in total. The Bertz CT molecular complexity index is 90.0. The number of carbonyl (C=O) groups is 2. The van der Waals surface area contributed by atoms with Gasteiger partial charge in [-0.1, -0.05) is 0 Å². The maximum Gasteiger partial charge on any atom is 0.310 e. The van der Waals surface area contributed by atoms with E-state index in [0.717, 1.165) is 0 Å². The molecule has 0 bridgehead atoms. The smallest absolute Gasteiger partial charge is 0.310 e. The van der Waals surface area contributed by atoms with Crippen LogP contribution < -0.4 is 0 Å². The average molecular weight is 220 g/mol. The van der Waals surface area contributed by atoms with Gasteiger partial charge in [-0.05, 0) is 0 Å². The minimum atomic E-state index is -0.562. The first-order chi connectivity index (χ1) is 3.13. The normalized spacial score (nSPS) is 6.00. The van der Waals surface area contributed by atoms with Crippen molar-refractivity contribution in [3.8, 4) is 0 Å². The number of rotatable bonds is 0. The largest absolute Gasteiger partial charge is 0.394 e. The third-order valence-corrected chi connectivity index (χ3v) is 0.287. The van der Waals surface area contributed by atoms with E-state index in [4.69, 9.17) is 0 Å². The molecule has 5 heteroatoms. The molecule has 0 aromatic carbocycles. The third kappa shape index (κ3) is 17.9. The summed E-state index contributed by atoms with van der Waals surface area (Å²) in [4.78, 5) is 19.6. The molecule has 0 unspecified atom stereocenters. The first-order valence-electron chi connectivity index (χ1n) is 1.82. The van der Waals surface area contributed by atoms with Gasteiger partial charge in [0.05, 0.1) is 0 Å². The van der Waals surface area contributed by atoms with Crippen LogP contribution in [0.4, 0.5) is 0 Å². The number of hydrogen-bond donors (Lipinski definition) is 0. The van der Waals surface area contributed by atoms with Crippen molar-refractivity contribution >= 4 is 11.9 Å². The number of ether oxygens (including phenoxy) is 1. The van der Waals surface area contributed by atoms with Crippen LogP contribution in [-0.2, 0) is 47.9 Å². The van der Waals surface area contributed by atoms with Gasteiger partial charge in [0.1, 0.15) is 0 Å². The Labute approximate surface area is 73.9 Å². The van der Waals surface area contributed by atoms with Crippen molar-refractivity contribution in [3.63, 3.8) is 0 Å². The second kappa shape index (κ2) is 8.15. The minimum Gasteiger partial charge on any atom is -0.394 e. The van der Waals surface area contributed by atoms with Crippen LogP contribution in [0.3, 0.4) is 0 Å². The number of hydrogen-bond acceptors (Lipinski definition) is 3. The van der Waals surface area contributed by atoms with Gasteiger partial charge in [-0.2, -0.15) is 0 Å². The van der Waals surface area contributed by atoms with Crippen molar-refractivity contribution in [1.82, 2.24) is 0 Å². The molecule has 0 saturated carbocycles. The van der Waals surface area contributed by atoms with Crippen molar-refractivity contribution in [1.29, 1.82) is 0 Å². The van der Waals surface area contributed by atoms with E-state index in [9.17, 15) is 9.59 Å². The topological polar surface area (TPSA) is 43.4 Å². The molecule has 0 aliphatic heterocycles. The van der Waals surface area contributed by atoms with E-state index in [0.29, 0.717) is 0 Å². The van der Waals surface area contributed by atoms with Gasteiger partial charge < -0.3 is 4.74 Å². The minimum absolute atomic E-state index is 0. The Morgan fingerprint density at radius 3 is 1.22 bits per heavy atom. The van der Waals surface area contributed by atoms with Crippen molar-refractivity contribution < 1.29 is 47.9 Å². The van der Waals surface area contributed by atoms with Crippen molar-refractivity contribution in [2.24, 2.45) is 0 Å². The molecule has 0 aromatic rings. The Balaban J connectivity index is -0.000000180. The predicted octanol–water partition coefficient (Wildman–Crippen LogP) is 0.0910. The van der Waals surface area contributed by atoms with Gasteiger partial charge in [-0.15, -0.1) is 0 Å². The summed E-state index contributed by atoms with van der Waals surface area (Å²) < 4.78 is 3.97. The van der Waals surface area contributed by atoms with E-state index in [2.05, 4.69) is 4.74 Å². The van der Waals surface area contributed by atoms with Crippen molar-refractivity contribution in [2.75, 3.05) is 0 Å². The van der Waals surface area contributed by atoms with Crippen LogP contribution in [0.1, 0.15) is 13.8 Å². The van der Waals surface area contributed by atoms with E-state index in [1.165, 1.54) is 13.8 Å². The van der Waals surface area contributed by atoms with Gasteiger partial charge >= 0.3 is 11.9 Å². The van der Waals surface area contributed by atoms with Crippen LogP contribution in [0.15, 0.2) is 0 Å². The molecule has 0 rings (SSSR count). The van der Waals surface area contributed by atoms with Crippen LogP contribution in [0.5, 0.6) is 0 Å². The first-order valence-corrected chi connectivity index (χ1v) is 1.82. The summed E-state index contributed by atoms with van der Waals surface area (Å²) in [5.41, 5.74) is 0. The fourth-order valence-electron chi connectivity index (χ4n) is 0.202. The molecule has 0 atom stereocenters. The molecular formula is C4H6Co2O3. The monoisotopic (exact) mass is 220 g/mol. The summed E-state index contributed by atoms with van der Waals surface area (Å²) in [6.07, 6.45) is 0. The molecule has 58 valence electrons. The van der Waals surface area contributed by atoms with Crippen LogP contribution in [-0.4, -0.2) is 11.9 Å². The molecule has 0 aliphatic carbocycles. The zero-order chi connectivity index (χ0) is 5.86. The van der Waals surface area contributed by atoms with Gasteiger partial charge in [0, 0.05) is 47.4 Å². The van der Waals surface area contributed by atoms with Gasteiger partial charge in [-0.25, -0.2) is 0 Å². The maximum atomic E-state index is 9.81. The third-order valence-electron chi connectivity index (χ3n) is 0.287. The maximum absolute atomic E-state index is 9.81.